The van der Waals surface area contributed by atoms with Crippen molar-refractivity contribution in [3.05, 3.63) is 24.3 Å². The Kier molecular flexibility index (Phi) is 6.37. The standard InChI is InChI=1S/C18H31N3/c1-4-16(5-2)15-19-17-7-9-18(10-8-17)21-13-11-20(6-3)12-14-21/h7-10,16,19H,4-6,11-15H2,1-3H3. The van der Waals surface area contributed by atoms with E-state index in [0.29, 0.717) is 0 Å². The van der Waals surface area contributed by atoms with Crippen LogP contribution in [0, 0.1) is 5.92 Å². The molecule has 0 atom stereocenters. The van der Waals surface area contributed by atoms with Gasteiger partial charge >= 0.3 is 0 Å². The summed E-state index contributed by atoms with van der Waals surface area (Å²) in [4.78, 5) is 5.01. The van der Waals surface area contributed by atoms with Gasteiger partial charge in [-0.3, -0.25) is 0 Å². The normalized spacial score (nSPS) is 16.5. The molecule has 1 aliphatic heterocycles. The van der Waals surface area contributed by atoms with Gasteiger partial charge in [-0.25, -0.2) is 0 Å². The van der Waals surface area contributed by atoms with Crippen LogP contribution < -0.4 is 10.2 Å². The zero-order chi connectivity index (χ0) is 15.1. The lowest BCUT2D eigenvalue weighted by Crippen LogP contribution is -2.46. The smallest absolute Gasteiger partial charge is 0.0368 e. The van der Waals surface area contributed by atoms with Gasteiger partial charge in [-0.05, 0) is 36.7 Å². The summed E-state index contributed by atoms with van der Waals surface area (Å²) in [6, 6.07) is 8.97. The third kappa shape index (κ3) is 4.63. The summed E-state index contributed by atoms with van der Waals surface area (Å²) in [6.45, 7) is 13.7. The van der Waals surface area contributed by atoms with Crippen LogP contribution in [0.4, 0.5) is 11.4 Å². The van der Waals surface area contributed by atoms with Gasteiger partial charge in [0.2, 0.25) is 0 Å². The largest absolute Gasteiger partial charge is 0.385 e. The Morgan fingerprint density at radius 2 is 1.57 bits per heavy atom. The number of anilines is 2. The number of piperazine rings is 1. The Morgan fingerprint density at radius 3 is 2.10 bits per heavy atom. The van der Waals surface area contributed by atoms with Crippen LogP contribution >= 0.6 is 0 Å². The van der Waals surface area contributed by atoms with Crippen LogP contribution in [0.2, 0.25) is 0 Å². The molecule has 1 aromatic rings. The molecule has 0 amide bonds. The van der Waals surface area contributed by atoms with Gasteiger partial charge in [0, 0.05) is 44.1 Å². The molecule has 1 fully saturated rings. The molecule has 0 saturated carbocycles. The fraction of sp³-hybridized carbons (Fsp3) is 0.667. The summed E-state index contributed by atoms with van der Waals surface area (Å²) in [5, 5.41) is 3.57. The van der Waals surface area contributed by atoms with E-state index in [1.54, 1.807) is 0 Å². The average Bonchev–Trinajstić information content (AvgIpc) is 2.56. The van der Waals surface area contributed by atoms with E-state index in [1.807, 2.05) is 0 Å². The molecule has 2 rings (SSSR count). The van der Waals surface area contributed by atoms with E-state index in [1.165, 1.54) is 43.9 Å². The Balaban J connectivity index is 1.84. The third-order valence-corrected chi connectivity index (χ3v) is 4.80. The molecular formula is C18H31N3. The van der Waals surface area contributed by atoms with Gasteiger partial charge in [-0.2, -0.15) is 0 Å². The van der Waals surface area contributed by atoms with Crippen LogP contribution in [0.1, 0.15) is 33.6 Å². The van der Waals surface area contributed by atoms with Crippen LogP contribution in [0.25, 0.3) is 0 Å². The van der Waals surface area contributed by atoms with E-state index in [9.17, 15) is 0 Å². The zero-order valence-electron chi connectivity index (χ0n) is 13.9. The molecule has 1 saturated heterocycles. The summed E-state index contributed by atoms with van der Waals surface area (Å²) in [6.07, 6.45) is 2.51. The summed E-state index contributed by atoms with van der Waals surface area (Å²) in [5.74, 6) is 0.784. The lowest BCUT2D eigenvalue weighted by atomic mass is 10.0. The maximum absolute atomic E-state index is 3.57. The van der Waals surface area contributed by atoms with Gasteiger partial charge in [0.05, 0.1) is 0 Å². The minimum Gasteiger partial charge on any atom is -0.385 e. The van der Waals surface area contributed by atoms with E-state index in [-0.39, 0.29) is 0 Å². The van der Waals surface area contributed by atoms with Crippen molar-refractivity contribution >= 4 is 11.4 Å². The molecule has 3 heteroatoms. The molecule has 0 aliphatic carbocycles. The topological polar surface area (TPSA) is 18.5 Å². The fourth-order valence-corrected chi connectivity index (χ4v) is 2.95. The highest BCUT2D eigenvalue weighted by Crippen LogP contribution is 2.20. The Labute approximate surface area is 130 Å². The molecule has 1 heterocycles. The molecule has 3 nitrogen and oxygen atoms in total. The molecule has 118 valence electrons. The summed E-state index contributed by atoms with van der Waals surface area (Å²) >= 11 is 0. The molecule has 0 spiro atoms. The van der Waals surface area contributed by atoms with Gasteiger partial charge in [0.1, 0.15) is 0 Å². The average molecular weight is 289 g/mol. The van der Waals surface area contributed by atoms with Gasteiger partial charge in [0.15, 0.2) is 0 Å². The number of benzene rings is 1. The number of hydrogen-bond donors (Lipinski definition) is 1. The van der Waals surface area contributed by atoms with Crippen molar-refractivity contribution in [3.8, 4) is 0 Å². The van der Waals surface area contributed by atoms with E-state index in [0.717, 1.165) is 25.6 Å². The van der Waals surface area contributed by atoms with Gasteiger partial charge < -0.3 is 15.1 Å². The zero-order valence-corrected chi connectivity index (χ0v) is 13.9. The minimum atomic E-state index is 0.784. The van der Waals surface area contributed by atoms with E-state index in [4.69, 9.17) is 0 Å². The molecular weight excluding hydrogens is 258 g/mol. The second-order valence-electron chi connectivity index (χ2n) is 6.03. The van der Waals surface area contributed by atoms with Crippen molar-refractivity contribution in [2.45, 2.75) is 33.6 Å². The minimum absolute atomic E-state index is 0.784. The van der Waals surface area contributed by atoms with E-state index in [2.05, 4.69) is 60.2 Å². The number of nitrogens with zero attached hydrogens (tertiary/aromatic N) is 2. The van der Waals surface area contributed by atoms with Crippen LogP contribution in [-0.2, 0) is 0 Å². The molecule has 0 unspecified atom stereocenters. The lowest BCUT2D eigenvalue weighted by Gasteiger charge is -2.35. The summed E-state index contributed by atoms with van der Waals surface area (Å²) in [7, 11) is 0. The van der Waals surface area contributed by atoms with Gasteiger partial charge in [-0.1, -0.05) is 33.6 Å². The fourth-order valence-electron chi connectivity index (χ4n) is 2.95. The molecule has 0 aromatic heterocycles. The van der Waals surface area contributed by atoms with Crippen LogP contribution in [-0.4, -0.2) is 44.2 Å². The highest BCUT2D eigenvalue weighted by Gasteiger charge is 2.15. The maximum atomic E-state index is 3.57. The second-order valence-corrected chi connectivity index (χ2v) is 6.03. The number of rotatable bonds is 7. The molecule has 1 aliphatic rings. The predicted octanol–water partition coefficient (Wildman–Crippen LogP) is 3.68. The highest BCUT2D eigenvalue weighted by molar-refractivity contribution is 5.55. The van der Waals surface area contributed by atoms with Crippen LogP contribution in [0.3, 0.4) is 0 Å². The maximum Gasteiger partial charge on any atom is 0.0368 e. The van der Waals surface area contributed by atoms with Crippen LogP contribution in [0.5, 0.6) is 0 Å². The molecule has 0 bridgehead atoms. The molecule has 0 radical (unpaired) electrons. The Morgan fingerprint density at radius 1 is 0.952 bits per heavy atom. The third-order valence-electron chi connectivity index (χ3n) is 4.80. The molecule has 1 N–H and O–H groups in total. The van der Waals surface area contributed by atoms with Crippen LogP contribution in [0.15, 0.2) is 24.3 Å². The quantitative estimate of drug-likeness (QED) is 0.826. The predicted molar refractivity (Wildman–Crippen MR) is 93.3 cm³/mol. The van der Waals surface area contributed by atoms with Crippen molar-refractivity contribution in [3.63, 3.8) is 0 Å². The van der Waals surface area contributed by atoms with E-state index >= 15 is 0 Å². The monoisotopic (exact) mass is 289 g/mol. The summed E-state index contributed by atoms with van der Waals surface area (Å²) < 4.78 is 0. The summed E-state index contributed by atoms with van der Waals surface area (Å²) in [5.41, 5.74) is 2.61. The van der Waals surface area contributed by atoms with Crippen molar-refractivity contribution in [1.29, 1.82) is 0 Å². The van der Waals surface area contributed by atoms with Crippen molar-refractivity contribution in [2.24, 2.45) is 5.92 Å². The van der Waals surface area contributed by atoms with Crippen molar-refractivity contribution < 1.29 is 0 Å². The number of hydrogen-bond acceptors (Lipinski definition) is 3. The second kappa shape index (κ2) is 8.28. The SMILES string of the molecule is CCC(CC)CNc1ccc(N2CCN(CC)CC2)cc1. The Hall–Kier alpha value is -1.22. The van der Waals surface area contributed by atoms with Gasteiger partial charge in [-0.15, -0.1) is 0 Å². The van der Waals surface area contributed by atoms with Crippen molar-refractivity contribution in [2.75, 3.05) is 49.5 Å². The van der Waals surface area contributed by atoms with E-state index < -0.39 is 0 Å². The lowest BCUT2D eigenvalue weighted by molar-refractivity contribution is 0.271. The first-order valence-corrected chi connectivity index (χ1v) is 8.58. The molecule has 1 aromatic carbocycles. The number of nitrogens with one attached hydrogen (secondary N) is 1. The molecule has 21 heavy (non-hydrogen) atoms. The number of likely N-dealkylation sites (N-methyl/N-ethyl adjacent to an activating group) is 1. The highest BCUT2D eigenvalue weighted by atomic mass is 15.3. The van der Waals surface area contributed by atoms with Crippen molar-refractivity contribution in [1.82, 2.24) is 4.90 Å². The Bertz CT molecular complexity index is 389. The first-order valence-electron chi connectivity index (χ1n) is 8.58. The van der Waals surface area contributed by atoms with Gasteiger partial charge in [0.25, 0.3) is 0 Å². The first-order chi connectivity index (χ1) is 10.3. The first kappa shape index (κ1) is 16.2.